The highest BCUT2D eigenvalue weighted by Gasteiger charge is 2.30. The molecule has 0 unspecified atom stereocenters. The molecule has 0 heterocycles. The van der Waals surface area contributed by atoms with E-state index < -0.39 is 11.7 Å². The molecule has 0 radical (unpaired) electrons. The third kappa shape index (κ3) is 4.25. The van der Waals surface area contributed by atoms with Crippen molar-refractivity contribution in [3.63, 3.8) is 0 Å². The minimum Gasteiger partial charge on any atom is -0.336 e. The van der Waals surface area contributed by atoms with E-state index in [1.807, 2.05) is 27.7 Å². The van der Waals surface area contributed by atoms with Gasteiger partial charge in [-0.1, -0.05) is 13.8 Å². The zero-order valence-corrected chi connectivity index (χ0v) is 12.2. The predicted octanol–water partition coefficient (Wildman–Crippen LogP) is 4.21. The van der Waals surface area contributed by atoms with Crippen LogP contribution in [-0.4, -0.2) is 23.4 Å². The quantitative estimate of drug-likeness (QED) is 0.812. The number of nitrogens with zero attached hydrogens (tertiary/aromatic N) is 1. The Morgan fingerprint density at radius 3 is 1.95 bits per heavy atom. The highest BCUT2D eigenvalue weighted by Crippen LogP contribution is 2.29. The van der Waals surface area contributed by atoms with Crippen molar-refractivity contribution in [3.05, 3.63) is 35.4 Å². The Kier molecular flexibility index (Phi) is 5.20. The summed E-state index contributed by atoms with van der Waals surface area (Å²) in [6.07, 6.45) is -4.38. The van der Waals surface area contributed by atoms with Gasteiger partial charge in [-0.25, -0.2) is 0 Å². The largest absolute Gasteiger partial charge is 0.416 e. The van der Waals surface area contributed by atoms with Crippen LogP contribution in [0.15, 0.2) is 24.3 Å². The van der Waals surface area contributed by atoms with Gasteiger partial charge in [0.2, 0.25) is 0 Å². The van der Waals surface area contributed by atoms with Crippen molar-refractivity contribution in [3.8, 4) is 0 Å². The number of halogens is 3. The molecule has 1 aromatic carbocycles. The van der Waals surface area contributed by atoms with Crippen molar-refractivity contribution in [1.82, 2.24) is 4.90 Å². The molecule has 0 N–H and O–H groups in total. The number of benzene rings is 1. The van der Waals surface area contributed by atoms with Crippen LogP contribution in [0.3, 0.4) is 0 Å². The molecule has 0 fully saturated rings. The number of alkyl halides is 3. The monoisotopic (exact) mass is 287 g/mol. The van der Waals surface area contributed by atoms with Crippen molar-refractivity contribution < 1.29 is 18.0 Å². The van der Waals surface area contributed by atoms with Crippen molar-refractivity contribution in [2.45, 2.75) is 39.9 Å². The van der Waals surface area contributed by atoms with Crippen molar-refractivity contribution in [2.24, 2.45) is 5.92 Å². The van der Waals surface area contributed by atoms with Gasteiger partial charge in [-0.15, -0.1) is 0 Å². The fourth-order valence-electron chi connectivity index (χ4n) is 1.89. The van der Waals surface area contributed by atoms with E-state index in [9.17, 15) is 18.0 Å². The van der Waals surface area contributed by atoms with Gasteiger partial charge in [-0.3, -0.25) is 4.79 Å². The van der Waals surface area contributed by atoms with E-state index in [2.05, 4.69) is 0 Å². The topological polar surface area (TPSA) is 20.3 Å². The molecule has 112 valence electrons. The van der Waals surface area contributed by atoms with Crippen LogP contribution >= 0.6 is 0 Å². The Morgan fingerprint density at radius 1 is 1.10 bits per heavy atom. The summed E-state index contributed by atoms with van der Waals surface area (Å²) in [7, 11) is 0. The van der Waals surface area contributed by atoms with E-state index in [4.69, 9.17) is 0 Å². The summed E-state index contributed by atoms with van der Waals surface area (Å²) in [6.45, 7) is 8.36. The average molecular weight is 287 g/mol. The lowest BCUT2D eigenvalue weighted by Crippen LogP contribution is -2.39. The number of carbonyl (C=O) groups excluding carboxylic acids is 1. The molecule has 0 spiro atoms. The predicted molar refractivity (Wildman–Crippen MR) is 72.5 cm³/mol. The molecule has 0 saturated heterocycles. The maximum atomic E-state index is 12.5. The lowest BCUT2D eigenvalue weighted by atomic mass is 10.1. The van der Waals surface area contributed by atoms with Gasteiger partial charge in [0, 0.05) is 18.2 Å². The second kappa shape index (κ2) is 6.29. The molecule has 1 amide bonds. The molecule has 0 aliphatic carbocycles. The van der Waals surface area contributed by atoms with Gasteiger partial charge in [-0.2, -0.15) is 13.2 Å². The van der Waals surface area contributed by atoms with Crippen molar-refractivity contribution in [2.75, 3.05) is 6.54 Å². The summed E-state index contributed by atoms with van der Waals surface area (Å²) in [4.78, 5) is 14.0. The summed E-state index contributed by atoms with van der Waals surface area (Å²) >= 11 is 0. The Balaban J connectivity index is 2.95. The molecule has 0 saturated carbocycles. The Hall–Kier alpha value is -1.52. The molecule has 0 aromatic heterocycles. The third-order valence-electron chi connectivity index (χ3n) is 2.91. The van der Waals surface area contributed by atoms with Crippen LogP contribution in [-0.2, 0) is 6.18 Å². The second-order valence-corrected chi connectivity index (χ2v) is 5.52. The van der Waals surface area contributed by atoms with E-state index in [0.717, 1.165) is 12.1 Å². The van der Waals surface area contributed by atoms with Crippen LogP contribution in [0.1, 0.15) is 43.6 Å². The van der Waals surface area contributed by atoms with Gasteiger partial charge in [0.05, 0.1) is 5.56 Å². The first-order chi connectivity index (χ1) is 9.12. The SMILES string of the molecule is CC(C)CN(C(=O)c1ccc(C(F)(F)F)cc1)C(C)C. The molecular weight excluding hydrogens is 267 g/mol. The van der Waals surface area contributed by atoms with Crippen LogP contribution in [0, 0.1) is 5.92 Å². The van der Waals surface area contributed by atoms with Crippen LogP contribution in [0.4, 0.5) is 13.2 Å². The number of amides is 1. The van der Waals surface area contributed by atoms with E-state index >= 15 is 0 Å². The third-order valence-corrected chi connectivity index (χ3v) is 2.91. The van der Waals surface area contributed by atoms with Gasteiger partial charge in [0.15, 0.2) is 0 Å². The Bertz CT molecular complexity index is 449. The van der Waals surface area contributed by atoms with Crippen LogP contribution in [0.5, 0.6) is 0 Å². The lowest BCUT2D eigenvalue weighted by Gasteiger charge is -2.28. The van der Waals surface area contributed by atoms with Gasteiger partial charge in [-0.05, 0) is 44.0 Å². The minimum atomic E-state index is -4.38. The smallest absolute Gasteiger partial charge is 0.336 e. The van der Waals surface area contributed by atoms with Gasteiger partial charge < -0.3 is 4.90 Å². The molecule has 20 heavy (non-hydrogen) atoms. The number of carbonyl (C=O) groups is 1. The fraction of sp³-hybridized carbons (Fsp3) is 0.533. The zero-order chi connectivity index (χ0) is 15.5. The standard InChI is InChI=1S/C15H20F3NO/c1-10(2)9-19(11(3)4)14(20)12-5-7-13(8-6-12)15(16,17)18/h5-8,10-11H,9H2,1-4H3. The van der Waals surface area contributed by atoms with E-state index in [-0.39, 0.29) is 17.5 Å². The van der Waals surface area contributed by atoms with Crippen LogP contribution in [0.2, 0.25) is 0 Å². The summed E-state index contributed by atoms with van der Waals surface area (Å²) in [5.41, 5.74) is -0.457. The first-order valence-corrected chi connectivity index (χ1v) is 6.61. The lowest BCUT2D eigenvalue weighted by molar-refractivity contribution is -0.137. The van der Waals surface area contributed by atoms with Crippen LogP contribution in [0.25, 0.3) is 0 Å². The van der Waals surface area contributed by atoms with Gasteiger partial charge >= 0.3 is 6.18 Å². The van der Waals surface area contributed by atoms with E-state index in [0.29, 0.717) is 12.5 Å². The summed E-state index contributed by atoms with van der Waals surface area (Å²) < 4.78 is 37.5. The van der Waals surface area contributed by atoms with Crippen molar-refractivity contribution >= 4 is 5.91 Å². The number of rotatable bonds is 4. The molecule has 0 bridgehead atoms. The molecular formula is C15H20F3NO. The molecule has 1 rings (SSSR count). The maximum absolute atomic E-state index is 12.5. The molecule has 0 aliphatic heterocycles. The summed E-state index contributed by atoms with van der Waals surface area (Å²) in [5, 5.41) is 0. The van der Waals surface area contributed by atoms with E-state index in [1.54, 1.807) is 4.90 Å². The summed E-state index contributed by atoms with van der Waals surface area (Å²) in [5.74, 6) is 0.0678. The second-order valence-electron chi connectivity index (χ2n) is 5.52. The highest BCUT2D eigenvalue weighted by molar-refractivity contribution is 5.94. The molecule has 0 aliphatic rings. The Morgan fingerprint density at radius 2 is 1.60 bits per heavy atom. The first kappa shape index (κ1) is 16.5. The number of hydrogen-bond acceptors (Lipinski definition) is 1. The van der Waals surface area contributed by atoms with Gasteiger partial charge in [0.1, 0.15) is 0 Å². The minimum absolute atomic E-state index is 0.00666. The fourth-order valence-corrected chi connectivity index (χ4v) is 1.89. The van der Waals surface area contributed by atoms with E-state index in [1.165, 1.54) is 12.1 Å². The first-order valence-electron chi connectivity index (χ1n) is 6.61. The molecule has 0 atom stereocenters. The normalized spacial score (nSPS) is 12.1. The maximum Gasteiger partial charge on any atom is 0.416 e. The molecule has 1 aromatic rings. The highest BCUT2D eigenvalue weighted by atomic mass is 19.4. The summed E-state index contributed by atoms with van der Waals surface area (Å²) in [6, 6.07) is 4.37. The van der Waals surface area contributed by atoms with Crippen LogP contribution < -0.4 is 0 Å². The zero-order valence-electron chi connectivity index (χ0n) is 12.2. The molecule has 2 nitrogen and oxygen atoms in total. The van der Waals surface area contributed by atoms with Crippen molar-refractivity contribution in [1.29, 1.82) is 0 Å². The average Bonchev–Trinajstić information content (AvgIpc) is 2.33. The van der Waals surface area contributed by atoms with Gasteiger partial charge in [0.25, 0.3) is 5.91 Å². The molecule has 5 heteroatoms. The Labute approximate surface area is 117 Å². The number of hydrogen-bond donors (Lipinski definition) is 0.